The van der Waals surface area contributed by atoms with Crippen LogP contribution in [-0.4, -0.2) is 17.2 Å². The first-order valence-electron chi connectivity index (χ1n) is 2.91. The highest BCUT2D eigenvalue weighted by molar-refractivity contribution is 5.40. The summed E-state index contributed by atoms with van der Waals surface area (Å²) in [6, 6.07) is 3.17. The summed E-state index contributed by atoms with van der Waals surface area (Å²) in [6.45, 7) is 0. The minimum atomic E-state index is -0.0131. The van der Waals surface area contributed by atoms with Crippen molar-refractivity contribution in [2.45, 2.75) is 0 Å². The van der Waals surface area contributed by atoms with Crippen LogP contribution in [0.25, 0.3) is 0 Å². The summed E-state index contributed by atoms with van der Waals surface area (Å²) in [4.78, 5) is 3.63. The van der Waals surface area contributed by atoms with Crippen molar-refractivity contribution in [3.05, 3.63) is 18.0 Å². The molecule has 0 aliphatic rings. The Labute approximate surface area is 63.7 Å². The SMILES string of the molecule is COc1cc(O)cnc1C#N. The number of methoxy groups -OCH3 is 1. The summed E-state index contributed by atoms with van der Waals surface area (Å²) in [5.74, 6) is 0.272. The fourth-order valence-corrected chi connectivity index (χ4v) is 0.674. The normalized spacial score (nSPS) is 8.73. The molecular formula is C7H6N2O2. The Balaban J connectivity index is 3.19. The van der Waals surface area contributed by atoms with Gasteiger partial charge in [0.1, 0.15) is 11.8 Å². The maximum Gasteiger partial charge on any atom is 0.182 e. The first-order chi connectivity index (χ1) is 5.27. The Morgan fingerprint density at radius 1 is 1.73 bits per heavy atom. The number of nitrogens with zero attached hydrogens (tertiary/aromatic N) is 2. The van der Waals surface area contributed by atoms with E-state index >= 15 is 0 Å². The zero-order chi connectivity index (χ0) is 8.27. The molecule has 0 unspecified atom stereocenters. The lowest BCUT2D eigenvalue weighted by Crippen LogP contribution is -1.89. The summed E-state index contributed by atoms with van der Waals surface area (Å²) in [5, 5.41) is 17.4. The van der Waals surface area contributed by atoms with E-state index in [0.717, 1.165) is 0 Å². The molecule has 1 aromatic heterocycles. The summed E-state index contributed by atoms with van der Waals surface area (Å²) in [6.07, 6.45) is 1.20. The van der Waals surface area contributed by atoms with Crippen LogP contribution in [0.15, 0.2) is 12.3 Å². The van der Waals surface area contributed by atoms with Crippen molar-refractivity contribution < 1.29 is 9.84 Å². The molecule has 0 atom stereocenters. The number of rotatable bonds is 1. The summed E-state index contributed by atoms with van der Waals surface area (Å²) >= 11 is 0. The predicted molar refractivity (Wildman–Crippen MR) is 37.2 cm³/mol. The van der Waals surface area contributed by atoms with Crippen molar-refractivity contribution in [2.75, 3.05) is 7.11 Å². The molecule has 1 heterocycles. The van der Waals surface area contributed by atoms with Crippen LogP contribution in [0, 0.1) is 11.3 Å². The van der Waals surface area contributed by atoms with E-state index in [1.165, 1.54) is 19.4 Å². The van der Waals surface area contributed by atoms with E-state index in [2.05, 4.69) is 4.98 Å². The molecule has 4 heteroatoms. The van der Waals surface area contributed by atoms with E-state index in [9.17, 15) is 0 Å². The van der Waals surface area contributed by atoms with Crippen molar-refractivity contribution in [1.82, 2.24) is 4.98 Å². The Bertz CT molecular complexity index is 304. The van der Waals surface area contributed by atoms with E-state index in [4.69, 9.17) is 15.1 Å². The van der Waals surface area contributed by atoms with Gasteiger partial charge in [-0.05, 0) is 0 Å². The Morgan fingerprint density at radius 3 is 3.00 bits per heavy atom. The Kier molecular flexibility index (Phi) is 1.93. The third-order valence-electron chi connectivity index (χ3n) is 1.16. The van der Waals surface area contributed by atoms with Gasteiger partial charge in [0.15, 0.2) is 11.4 Å². The second-order valence-electron chi connectivity index (χ2n) is 1.86. The smallest absolute Gasteiger partial charge is 0.182 e. The van der Waals surface area contributed by atoms with Gasteiger partial charge in [-0.15, -0.1) is 0 Å². The standard InChI is InChI=1S/C7H6N2O2/c1-11-7-2-5(10)4-9-6(7)3-8/h2,4,10H,1H3. The quantitative estimate of drug-likeness (QED) is 0.638. The van der Waals surface area contributed by atoms with Gasteiger partial charge in [-0.3, -0.25) is 0 Å². The van der Waals surface area contributed by atoms with Gasteiger partial charge in [0.05, 0.1) is 13.3 Å². The minimum absolute atomic E-state index is 0.0131. The van der Waals surface area contributed by atoms with Crippen LogP contribution >= 0.6 is 0 Å². The van der Waals surface area contributed by atoms with Gasteiger partial charge in [0, 0.05) is 6.07 Å². The summed E-state index contributed by atoms with van der Waals surface area (Å²) in [5.41, 5.74) is 0.172. The van der Waals surface area contributed by atoms with Crippen molar-refractivity contribution in [3.63, 3.8) is 0 Å². The lowest BCUT2D eigenvalue weighted by Gasteiger charge is -2.00. The first kappa shape index (κ1) is 7.35. The fraction of sp³-hybridized carbons (Fsp3) is 0.143. The zero-order valence-corrected chi connectivity index (χ0v) is 5.90. The lowest BCUT2D eigenvalue weighted by molar-refractivity contribution is 0.403. The first-order valence-corrected chi connectivity index (χ1v) is 2.91. The van der Waals surface area contributed by atoms with Gasteiger partial charge in [0.25, 0.3) is 0 Å². The van der Waals surface area contributed by atoms with E-state index in [-0.39, 0.29) is 17.2 Å². The molecule has 4 nitrogen and oxygen atoms in total. The molecule has 0 amide bonds. The predicted octanol–water partition coefficient (Wildman–Crippen LogP) is 0.667. The molecule has 0 aromatic carbocycles. The molecule has 0 fully saturated rings. The van der Waals surface area contributed by atoms with E-state index < -0.39 is 0 Å². The van der Waals surface area contributed by atoms with Crippen LogP contribution in [0.4, 0.5) is 0 Å². The number of nitriles is 1. The highest BCUT2D eigenvalue weighted by Gasteiger charge is 2.02. The second-order valence-corrected chi connectivity index (χ2v) is 1.86. The average molecular weight is 150 g/mol. The van der Waals surface area contributed by atoms with Crippen molar-refractivity contribution in [3.8, 4) is 17.6 Å². The molecule has 0 saturated heterocycles. The van der Waals surface area contributed by atoms with E-state index in [0.29, 0.717) is 0 Å². The van der Waals surface area contributed by atoms with Crippen LogP contribution in [0.2, 0.25) is 0 Å². The molecule has 0 radical (unpaired) electrons. The lowest BCUT2D eigenvalue weighted by atomic mass is 10.3. The number of ether oxygens (including phenoxy) is 1. The molecule has 0 aliphatic heterocycles. The number of hydrogen-bond donors (Lipinski definition) is 1. The maximum absolute atomic E-state index is 8.91. The van der Waals surface area contributed by atoms with Crippen LogP contribution in [0.5, 0.6) is 11.5 Å². The maximum atomic E-state index is 8.91. The van der Waals surface area contributed by atoms with Crippen LogP contribution in [0.1, 0.15) is 5.69 Å². The Hall–Kier alpha value is -1.76. The number of aromatic hydroxyl groups is 1. The fourth-order valence-electron chi connectivity index (χ4n) is 0.674. The van der Waals surface area contributed by atoms with Gasteiger partial charge in [-0.2, -0.15) is 5.26 Å². The third kappa shape index (κ3) is 1.38. The molecule has 56 valence electrons. The number of aromatic nitrogens is 1. The van der Waals surface area contributed by atoms with Crippen molar-refractivity contribution in [2.24, 2.45) is 0 Å². The van der Waals surface area contributed by atoms with Gasteiger partial charge in [-0.25, -0.2) is 4.98 Å². The van der Waals surface area contributed by atoms with Crippen LogP contribution < -0.4 is 4.74 Å². The minimum Gasteiger partial charge on any atom is -0.506 e. The summed E-state index contributed by atoms with van der Waals surface area (Å²) in [7, 11) is 1.41. The van der Waals surface area contributed by atoms with Crippen molar-refractivity contribution in [1.29, 1.82) is 5.26 Å². The molecule has 1 N–H and O–H groups in total. The number of hydrogen-bond acceptors (Lipinski definition) is 4. The Morgan fingerprint density at radius 2 is 2.45 bits per heavy atom. The monoisotopic (exact) mass is 150 g/mol. The van der Waals surface area contributed by atoms with Gasteiger partial charge < -0.3 is 9.84 Å². The highest BCUT2D eigenvalue weighted by atomic mass is 16.5. The van der Waals surface area contributed by atoms with Gasteiger partial charge in [-0.1, -0.05) is 0 Å². The molecule has 0 bridgehead atoms. The molecule has 11 heavy (non-hydrogen) atoms. The van der Waals surface area contributed by atoms with Gasteiger partial charge in [0.2, 0.25) is 0 Å². The van der Waals surface area contributed by atoms with E-state index in [1.807, 2.05) is 6.07 Å². The van der Waals surface area contributed by atoms with Crippen LogP contribution in [-0.2, 0) is 0 Å². The average Bonchev–Trinajstić information content (AvgIpc) is 2.04. The molecule has 1 aromatic rings. The third-order valence-corrected chi connectivity index (χ3v) is 1.16. The molecule has 1 rings (SSSR count). The largest absolute Gasteiger partial charge is 0.506 e. The van der Waals surface area contributed by atoms with Crippen LogP contribution in [0.3, 0.4) is 0 Å². The summed E-state index contributed by atoms with van der Waals surface area (Å²) < 4.78 is 4.77. The molecule has 0 spiro atoms. The van der Waals surface area contributed by atoms with Crippen molar-refractivity contribution >= 4 is 0 Å². The van der Waals surface area contributed by atoms with E-state index in [1.54, 1.807) is 0 Å². The molecule has 0 aliphatic carbocycles. The number of pyridine rings is 1. The molecular weight excluding hydrogens is 144 g/mol. The highest BCUT2D eigenvalue weighted by Crippen LogP contribution is 2.19. The zero-order valence-electron chi connectivity index (χ0n) is 5.90. The van der Waals surface area contributed by atoms with Gasteiger partial charge >= 0.3 is 0 Å². The molecule has 0 saturated carbocycles. The topological polar surface area (TPSA) is 66.1 Å². The second kappa shape index (κ2) is 2.88.